The van der Waals surface area contributed by atoms with Crippen LogP contribution in [-0.2, 0) is 4.79 Å². The molecule has 0 aliphatic heterocycles. The number of carbonyl (C=O) groups excluding carboxylic acids is 1. The number of rotatable bonds is 9. The molecular weight excluding hydrogens is 274 g/mol. The first-order valence-electron chi connectivity index (χ1n) is 8.78. The molecule has 0 saturated carbocycles. The monoisotopic (exact) mass is 314 g/mol. The second-order valence-corrected chi connectivity index (χ2v) is 8.65. The molecule has 0 saturated heterocycles. The normalized spacial score (nSPS) is 17.0. The van der Waals surface area contributed by atoms with Crippen molar-refractivity contribution in [2.75, 3.05) is 26.7 Å². The minimum atomic E-state index is -0.802. The fourth-order valence-corrected chi connectivity index (χ4v) is 2.96. The van der Waals surface area contributed by atoms with Crippen molar-refractivity contribution in [2.24, 2.45) is 11.1 Å². The van der Waals surface area contributed by atoms with Gasteiger partial charge in [0.05, 0.1) is 32.2 Å². The van der Waals surface area contributed by atoms with Gasteiger partial charge >= 0.3 is 0 Å². The van der Waals surface area contributed by atoms with E-state index in [-0.39, 0.29) is 17.4 Å². The maximum atomic E-state index is 12.4. The van der Waals surface area contributed by atoms with Crippen LogP contribution in [0.15, 0.2) is 0 Å². The molecule has 0 aromatic rings. The van der Waals surface area contributed by atoms with E-state index in [0.717, 1.165) is 37.0 Å². The minimum absolute atomic E-state index is 0.0295. The fraction of sp³-hybridized carbons (Fsp3) is 0.944. The van der Waals surface area contributed by atoms with Crippen LogP contribution in [0.5, 0.6) is 0 Å². The van der Waals surface area contributed by atoms with E-state index in [4.69, 9.17) is 5.73 Å². The maximum absolute atomic E-state index is 12.4. The molecule has 0 heterocycles. The van der Waals surface area contributed by atoms with Crippen LogP contribution in [0.2, 0.25) is 0 Å². The Morgan fingerprint density at radius 2 is 1.68 bits per heavy atom. The van der Waals surface area contributed by atoms with Gasteiger partial charge in [0.2, 0.25) is 5.91 Å². The highest BCUT2D eigenvalue weighted by Crippen LogP contribution is 2.25. The summed E-state index contributed by atoms with van der Waals surface area (Å²) in [6.07, 6.45) is 2.81. The van der Waals surface area contributed by atoms with Crippen LogP contribution >= 0.6 is 0 Å². The zero-order valence-corrected chi connectivity index (χ0v) is 16.3. The van der Waals surface area contributed by atoms with E-state index in [2.05, 4.69) is 53.9 Å². The number of carbonyl (C=O) groups is 1. The Labute approximate surface area is 138 Å². The van der Waals surface area contributed by atoms with Gasteiger partial charge in [0.25, 0.3) is 0 Å². The summed E-state index contributed by atoms with van der Waals surface area (Å²) >= 11 is 0. The lowest BCUT2D eigenvalue weighted by Crippen LogP contribution is -2.55. The van der Waals surface area contributed by atoms with Crippen molar-refractivity contribution >= 4 is 5.91 Å². The second-order valence-electron chi connectivity index (χ2n) is 8.65. The SMILES string of the molecule is CC[N+](C)(CC)CCCC(C)NC(=O)C(C)(N)CC(C)(C)C. The standard InChI is InChI=1S/C18H39N3O/c1-9-21(8,10-2)13-11-12-15(3)20-16(22)18(7,19)14-17(4,5)6/h15H,9-14,19H2,1-8H3/p+1. The summed E-state index contributed by atoms with van der Waals surface area (Å²) in [6, 6.07) is 0.178. The third-order valence-electron chi connectivity index (χ3n) is 4.66. The summed E-state index contributed by atoms with van der Waals surface area (Å²) in [6.45, 7) is 18.2. The number of nitrogens with zero attached hydrogens (tertiary/aromatic N) is 1. The topological polar surface area (TPSA) is 55.1 Å². The molecule has 0 aromatic carbocycles. The lowest BCUT2D eigenvalue weighted by atomic mass is 9.80. The highest BCUT2D eigenvalue weighted by molar-refractivity contribution is 5.85. The van der Waals surface area contributed by atoms with Crippen LogP contribution in [0, 0.1) is 5.41 Å². The molecule has 0 aliphatic rings. The van der Waals surface area contributed by atoms with Crippen molar-refractivity contribution in [1.82, 2.24) is 5.32 Å². The van der Waals surface area contributed by atoms with E-state index < -0.39 is 5.54 Å². The number of quaternary nitrogens is 1. The predicted octanol–water partition coefficient (Wildman–Crippen LogP) is 2.91. The Kier molecular flexibility index (Phi) is 8.07. The maximum Gasteiger partial charge on any atom is 0.240 e. The van der Waals surface area contributed by atoms with E-state index in [1.165, 1.54) is 0 Å². The van der Waals surface area contributed by atoms with Gasteiger partial charge in [-0.25, -0.2) is 0 Å². The van der Waals surface area contributed by atoms with Gasteiger partial charge in [-0.2, -0.15) is 0 Å². The molecule has 2 atom stereocenters. The molecule has 4 nitrogen and oxygen atoms in total. The van der Waals surface area contributed by atoms with Crippen LogP contribution in [0.1, 0.15) is 67.7 Å². The summed E-state index contributed by atoms with van der Waals surface area (Å²) in [5.74, 6) is -0.0295. The van der Waals surface area contributed by atoms with Crippen LogP contribution in [-0.4, -0.2) is 48.7 Å². The van der Waals surface area contributed by atoms with Crippen LogP contribution in [0.25, 0.3) is 0 Å². The number of amides is 1. The van der Waals surface area contributed by atoms with Gasteiger partial charge in [0.1, 0.15) is 0 Å². The van der Waals surface area contributed by atoms with Crippen LogP contribution in [0.4, 0.5) is 0 Å². The van der Waals surface area contributed by atoms with Crippen LogP contribution in [0.3, 0.4) is 0 Å². The molecule has 0 radical (unpaired) electrons. The number of nitrogens with one attached hydrogen (secondary N) is 1. The molecule has 0 fully saturated rings. The molecule has 0 bridgehead atoms. The largest absolute Gasteiger partial charge is 0.352 e. The minimum Gasteiger partial charge on any atom is -0.352 e. The van der Waals surface area contributed by atoms with Crippen molar-refractivity contribution in [3.05, 3.63) is 0 Å². The predicted molar refractivity (Wildman–Crippen MR) is 95.6 cm³/mol. The third-order valence-corrected chi connectivity index (χ3v) is 4.66. The smallest absolute Gasteiger partial charge is 0.240 e. The Hall–Kier alpha value is -0.610. The van der Waals surface area contributed by atoms with E-state index in [9.17, 15) is 4.79 Å². The van der Waals surface area contributed by atoms with Gasteiger partial charge in [0, 0.05) is 6.04 Å². The van der Waals surface area contributed by atoms with Crippen molar-refractivity contribution < 1.29 is 9.28 Å². The molecule has 4 heteroatoms. The zero-order chi connectivity index (χ0) is 17.6. The van der Waals surface area contributed by atoms with Gasteiger partial charge in [-0.1, -0.05) is 20.8 Å². The van der Waals surface area contributed by atoms with E-state index in [0.29, 0.717) is 6.42 Å². The van der Waals surface area contributed by atoms with Crippen molar-refractivity contribution in [3.8, 4) is 0 Å². The average Bonchev–Trinajstić information content (AvgIpc) is 2.35. The van der Waals surface area contributed by atoms with Crippen LogP contribution < -0.4 is 11.1 Å². The van der Waals surface area contributed by atoms with Crippen molar-refractivity contribution in [2.45, 2.75) is 79.3 Å². The molecule has 1 amide bonds. The van der Waals surface area contributed by atoms with E-state index in [1.54, 1.807) is 0 Å². The van der Waals surface area contributed by atoms with Gasteiger partial charge in [-0.05, 0) is 52.4 Å². The summed E-state index contributed by atoms with van der Waals surface area (Å²) in [5.41, 5.74) is 5.47. The van der Waals surface area contributed by atoms with Gasteiger partial charge < -0.3 is 15.5 Å². The Bertz CT molecular complexity index is 341. The zero-order valence-electron chi connectivity index (χ0n) is 16.3. The summed E-state index contributed by atoms with van der Waals surface area (Å²) in [7, 11) is 2.30. The Morgan fingerprint density at radius 3 is 2.09 bits per heavy atom. The quantitative estimate of drug-likeness (QED) is 0.643. The number of hydrogen-bond acceptors (Lipinski definition) is 2. The Morgan fingerprint density at radius 1 is 1.18 bits per heavy atom. The molecule has 132 valence electrons. The van der Waals surface area contributed by atoms with Crippen molar-refractivity contribution in [3.63, 3.8) is 0 Å². The number of hydrogen-bond donors (Lipinski definition) is 2. The molecule has 0 aromatic heterocycles. The third kappa shape index (κ3) is 8.14. The number of nitrogens with two attached hydrogens (primary N) is 1. The molecule has 3 N–H and O–H groups in total. The molecular formula is C18H40N3O+. The highest BCUT2D eigenvalue weighted by Gasteiger charge is 2.33. The van der Waals surface area contributed by atoms with Gasteiger partial charge in [0.15, 0.2) is 0 Å². The first-order chi connectivity index (χ1) is 9.85. The molecule has 0 rings (SSSR count). The highest BCUT2D eigenvalue weighted by atomic mass is 16.2. The lowest BCUT2D eigenvalue weighted by Gasteiger charge is -2.33. The average molecular weight is 315 g/mol. The summed E-state index contributed by atoms with van der Waals surface area (Å²) in [4.78, 5) is 12.4. The van der Waals surface area contributed by atoms with E-state index >= 15 is 0 Å². The first kappa shape index (κ1) is 21.4. The fourth-order valence-electron chi connectivity index (χ4n) is 2.96. The molecule has 22 heavy (non-hydrogen) atoms. The summed E-state index contributed by atoms with van der Waals surface area (Å²) in [5, 5.41) is 3.09. The first-order valence-corrected chi connectivity index (χ1v) is 8.78. The van der Waals surface area contributed by atoms with E-state index in [1.807, 2.05) is 6.92 Å². The molecule has 2 unspecified atom stereocenters. The lowest BCUT2D eigenvalue weighted by molar-refractivity contribution is -0.906. The van der Waals surface area contributed by atoms with Crippen molar-refractivity contribution in [1.29, 1.82) is 0 Å². The summed E-state index contributed by atoms with van der Waals surface area (Å²) < 4.78 is 1.10. The molecule has 0 spiro atoms. The van der Waals surface area contributed by atoms with Gasteiger partial charge in [-0.15, -0.1) is 0 Å². The Balaban J connectivity index is 4.31. The molecule has 0 aliphatic carbocycles. The second kappa shape index (κ2) is 8.30. The van der Waals surface area contributed by atoms with Gasteiger partial charge in [-0.3, -0.25) is 4.79 Å².